The van der Waals surface area contributed by atoms with Crippen LogP contribution < -0.4 is 5.32 Å². The number of benzene rings is 2. The summed E-state index contributed by atoms with van der Waals surface area (Å²) in [6, 6.07) is 19.1. The summed E-state index contributed by atoms with van der Waals surface area (Å²) >= 11 is 1.56. The third-order valence-corrected chi connectivity index (χ3v) is 6.77. The minimum atomic E-state index is -0.179. The Morgan fingerprint density at radius 3 is 2.43 bits per heavy atom. The lowest BCUT2D eigenvalue weighted by Crippen LogP contribution is -2.28. The molecule has 3 aromatic rings. The molecule has 0 bridgehead atoms. The van der Waals surface area contributed by atoms with E-state index in [0.717, 1.165) is 30.4 Å². The number of nitrogens with zero attached hydrogens (tertiary/aromatic N) is 1. The summed E-state index contributed by atoms with van der Waals surface area (Å²) in [5, 5.41) is 3.70. The molecule has 2 amide bonds. The number of anilines is 1. The van der Waals surface area contributed by atoms with E-state index in [1.54, 1.807) is 28.4 Å². The molecule has 1 aliphatic carbocycles. The highest BCUT2D eigenvalue weighted by Crippen LogP contribution is 2.40. The number of hydrogen-bond donors (Lipinski definition) is 1. The van der Waals surface area contributed by atoms with Crippen LogP contribution in [0.5, 0.6) is 0 Å². The van der Waals surface area contributed by atoms with Crippen molar-refractivity contribution in [2.45, 2.75) is 32.7 Å². The molecule has 154 valence electrons. The van der Waals surface area contributed by atoms with Crippen molar-refractivity contribution in [2.24, 2.45) is 5.92 Å². The van der Waals surface area contributed by atoms with Gasteiger partial charge in [0.1, 0.15) is 5.00 Å². The molecule has 1 heterocycles. The first kappa shape index (κ1) is 20.4. The molecular formula is C25H26N2O2S. The van der Waals surface area contributed by atoms with Crippen molar-refractivity contribution in [3.8, 4) is 0 Å². The van der Waals surface area contributed by atoms with E-state index >= 15 is 0 Å². The Morgan fingerprint density at radius 1 is 1.07 bits per heavy atom. The molecule has 1 N–H and O–H groups in total. The van der Waals surface area contributed by atoms with E-state index < -0.39 is 0 Å². The summed E-state index contributed by atoms with van der Waals surface area (Å²) in [6.07, 6.45) is 2.91. The monoisotopic (exact) mass is 418 g/mol. The van der Waals surface area contributed by atoms with Gasteiger partial charge in [0.05, 0.1) is 5.56 Å². The van der Waals surface area contributed by atoms with Crippen molar-refractivity contribution in [3.05, 3.63) is 87.8 Å². The zero-order valence-corrected chi connectivity index (χ0v) is 18.2. The van der Waals surface area contributed by atoms with Crippen LogP contribution in [0.3, 0.4) is 0 Å². The van der Waals surface area contributed by atoms with Gasteiger partial charge in [-0.2, -0.15) is 0 Å². The van der Waals surface area contributed by atoms with E-state index in [2.05, 4.69) is 12.2 Å². The Morgan fingerprint density at radius 2 is 1.73 bits per heavy atom. The van der Waals surface area contributed by atoms with Gasteiger partial charge in [-0.1, -0.05) is 55.5 Å². The van der Waals surface area contributed by atoms with E-state index in [1.165, 1.54) is 4.88 Å². The van der Waals surface area contributed by atoms with Gasteiger partial charge >= 0.3 is 0 Å². The fourth-order valence-electron chi connectivity index (χ4n) is 3.95. The highest BCUT2D eigenvalue weighted by molar-refractivity contribution is 7.17. The molecule has 30 heavy (non-hydrogen) atoms. The van der Waals surface area contributed by atoms with Gasteiger partial charge in [-0.15, -0.1) is 11.3 Å². The van der Waals surface area contributed by atoms with Crippen LogP contribution in [0.2, 0.25) is 0 Å². The Balaban J connectivity index is 1.65. The highest BCUT2D eigenvalue weighted by atomic mass is 32.1. The van der Waals surface area contributed by atoms with Gasteiger partial charge in [0.25, 0.3) is 11.8 Å². The fourth-order valence-corrected chi connectivity index (χ4v) is 5.35. The Labute approximate surface area is 181 Å². The second-order valence-corrected chi connectivity index (χ2v) is 9.13. The summed E-state index contributed by atoms with van der Waals surface area (Å²) in [7, 11) is 1.83. The lowest BCUT2D eigenvalue weighted by Gasteiger charge is -2.22. The summed E-state index contributed by atoms with van der Waals surface area (Å²) < 4.78 is 0. The van der Waals surface area contributed by atoms with E-state index in [4.69, 9.17) is 0 Å². The first-order valence-electron chi connectivity index (χ1n) is 10.3. The van der Waals surface area contributed by atoms with Crippen LogP contribution in [-0.2, 0) is 19.4 Å². The molecule has 1 atom stereocenters. The molecule has 0 aliphatic heterocycles. The van der Waals surface area contributed by atoms with Crippen LogP contribution in [0.1, 0.15) is 50.1 Å². The SMILES string of the molecule is CC1CCc2c(sc(NC(=O)c3ccccc3)c2C(=O)N(C)Cc2ccccc2)C1. The number of amides is 2. The van der Waals surface area contributed by atoms with Crippen molar-refractivity contribution in [1.82, 2.24) is 4.90 Å². The first-order chi connectivity index (χ1) is 14.5. The average molecular weight is 419 g/mol. The number of fused-ring (bicyclic) bond motifs is 1. The van der Waals surface area contributed by atoms with Gasteiger partial charge < -0.3 is 10.2 Å². The van der Waals surface area contributed by atoms with Gasteiger partial charge in [0.2, 0.25) is 0 Å². The van der Waals surface area contributed by atoms with E-state index in [9.17, 15) is 9.59 Å². The van der Waals surface area contributed by atoms with Gasteiger partial charge in [0.15, 0.2) is 0 Å². The molecule has 0 spiro atoms. The van der Waals surface area contributed by atoms with Crippen LogP contribution in [0.25, 0.3) is 0 Å². The second kappa shape index (κ2) is 8.84. The lowest BCUT2D eigenvalue weighted by molar-refractivity contribution is 0.0785. The number of thiophene rings is 1. The standard InChI is InChI=1S/C25H26N2O2S/c1-17-13-14-20-21(15-17)30-24(26-23(28)19-11-7-4-8-12-19)22(20)25(29)27(2)16-18-9-5-3-6-10-18/h3-12,17H,13-16H2,1-2H3,(H,26,28). The smallest absolute Gasteiger partial charge is 0.257 e. The normalized spacial score (nSPS) is 15.3. The topological polar surface area (TPSA) is 49.4 Å². The Bertz CT molecular complexity index is 1040. The van der Waals surface area contributed by atoms with Crippen LogP contribution in [0.15, 0.2) is 60.7 Å². The third-order valence-electron chi connectivity index (χ3n) is 5.60. The number of carbonyl (C=O) groups is 2. The van der Waals surface area contributed by atoms with Gasteiger partial charge in [-0.05, 0) is 48.4 Å². The maximum Gasteiger partial charge on any atom is 0.257 e. The number of nitrogens with one attached hydrogen (secondary N) is 1. The van der Waals surface area contributed by atoms with Crippen LogP contribution in [0.4, 0.5) is 5.00 Å². The third kappa shape index (κ3) is 4.31. The van der Waals surface area contributed by atoms with E-state index in [0.29, 0.717) is 28.6 Å². The minimum Gasteiger partial charge on any atom is -0.337 e. The quantitative estimate of drug-likeness (QED) is 0.603. The molecule has 0 saturated heterocycles. The number of hydrogen-bond acceptors (Lipinski definition) is 3. The molecular weight excluding hydrogens is 392 g/mol. The first-order valence-corrected chi connectivity index (χ1v) is 11.1. The van der Waals surface area contributed by atoms with Crippen LogP contribution in [-0.4, -0.2) is 23.8 Å². The predicted molar refractivity (Wildman–Crippen MR) is 122 cm³/mol. The van der Waals surface area contributed by atoms with E-state index in [1.807, 2.05) is 55.6 Å². The molecule has 5 heteroatoms. The van der Waals surface area contributed by atoms with Crippen molar-refractivity contribution < 1.29 is 9.59 Å². The van der Waals surface area contributed by atoms with Gasteiger partial charge in [-0.25, -0.2) is 0 Å². The van der Waals surface area contributed by atoms with Crippen LogP contribution >= 0.6 is 11.3 Å². The zero-order valence-electron chi connectivity index (χ0n) is 17.4. The molecule has 0 saturated carbocycles. The molecule has 1 aliphatic rings. The molecule has 2 aromatic carbocycles. The maximum atomic E-state index is 13.5. The lowest BCUT2D eigenvalue weighted by atomic mass is 9.88. The van der Waals surface area contributed by atoms with Crippen molar-refractivity contribution in [1.29, 1.82) is 0 Å². The molecule has 0 radical (unpaired) electrons. The molecule has 1 unspecified atom stereocenters. The summed E-state index contributed by atoms with van der Waals surface area (Å²) in [5.41, 5.74) is 3.46. The summed E-state index contributed by atoms with van der Waals surface area (Å²) in [5.74, 6) is 0.384. The number of rotatable bonds is 5. The molecule has 4 nitrogen and oxygen atoms in total. The van der Waals surface area contributed by atoms with Crippen molar-refractivity contribution in [2.75, 3.05) is 12.4 Å². The summed E-state index contributed by atoms with van der Waals surface area (Å²) in [6.45, 7) is 2.78. The molecule has 1 aromatic heterocycles. The molecule has 0 fully saturated rings. The maximum absolute atomic E-state index is 13.5. The molecule has 4 rings (SSSR count). The van der Waals surface area contributed by atoms with Gasteiger partial charge in [-0.3, -0.25) is 9.59 Å². The van der Waals surface area contributed by atoms with Crippen LogP contribution in [0, 0.1) is 5.92 Å². The second-order valence-electron chi connectivity index (χ2n) is 8.02. The minimum absolute atomic E-state index is 0.0331. The Hall–Kier alpha value is -2.92. The Kier molecular flexibility index (Phi) is 6.00. The van der Waals surface area contributed by atoms with E-state index in [-0.39, 0.29) is 11.8 Å². The van der Waals surface area contributed by atoms with Gasteiger partial charge in [0, 0.05) is 24.0 Å². The largest absolute Gasteiger partial charge is 0.337 e. The zero-order chi connectivity index (χ0) is 21.1. The number of carbonyl (C=O) groups excluding carboxylic acids is 2. The fraction of sp³-hybridized carbons (Fsp3) is 0.280. The highest BCUT2D eigenvalue weighted by Gasteiger charge is 2.30. The van der Waals surface area contributed by atoms with Crippen molar-refractivity contribution >= 4 is 28.2 Å². The van der Waals surface area contributed by atoms with Crippen molar-refractivity contribution in [3.63, 3.8) is 0 Å². The summed E-state index contributed by atoms with van der Waals surface area (Å²) in [4.78, 5) is 29.3. The predicted octanol–water partition coefficient (Wildman–Crippen LogP) is 5.40. The average Bonchev–Trinajstić information content (AvgIpc) is 3.11.